The first-order chi connectivity index (χ1) is 15.3. The lowest BCUT2D eigenvalue weighted by molar-refractivity contribution is 0.177. The summed E-state index contributed by atoms with van der Waals surface area (Å²) in [5.41, 5.74) is 1.05. The van der Waals surface area contributed by atoms with Gasteiger partial charge in [-0.15, -0.1) is 5.10 Å². The smallest absolute Gasteiger partial charge is 0.243 e. The van der Waals surface area contributed by atoms with Crippen molar-refractivity contribution >= 4 is 10.0 Å². The predicted octanol–water partition coefficient (Wildman–Crippen LogP) is 1.76. The van der Waals surface area contributed by atoms with Crippen LogP contribution in [-0.4, -0.2) is 71.1 Å². The molecule has 0 spiro atoms. The predicted molar refractivity (Wildman–Crippen MR) is 111 cm³/mol. The van der Waals surface area contributed by atoms with Crippen LogP contribution in [0.1, 0.15) is 11.4 Å². The van der Waals surface area contributed by atoms with Crippen molar-refractivity contribution in [3.05, 3.63) is 59.4 Å². The molecule has 4 rings (SSSR count). The molecule has 0 radical (unpaired) electrons. The number of methoxy groups -OCH3 is 1. The number of hydrogen-bond acceptors (Lipinski definition) is 7. The van der Waals surface area contributed by atoms with E-state index in [9.17, 15) is 17.2 Å². The van der Waals surface area contributed by atoms with Crippen LogP contribution in [0, 0.1) is 18.6 Å². The maximum absolute atomic E-state index is 13.6. The second-order valence-corrected chi connectivity index (χ2v) is 9.35. The highest BCUT2D eigenvalue weighted by Gasteiger charge is 2.29. The monoisotopic (exact) mass is 464 g/mol. The van der Waals surface area contributed by atoms with E-state index in [2.05, 4.69) is 15.5 Å². The van der Waals surface area contributed by atoms with Crippen molar-refractivity contribution in [1.29, 1.82) is 0 Å². The normalized spacial score (nSPS) is 15.8. The molecule has 170 valence electrons. The third-order valence-corrected chi connectivity index (χ3v) is 7.28. The summed E-state index contributed by atoms with van der Waals surface area (Å²) < 4.78 is 60.9. The Bertz CT molecular complexity index is 1230. The van der Waals surface area contributed by atoms with E-state index in [-0.39, 0.29) is 4.90 Å². The summed E-state index contributed by atoms with van der Waals surface area (Å²) in [5.74, 6) is -0.866. The number of benzene rings is 2. The Morgan fingerprint density at radius 1 is 1.03 bits per heavy atom. The standard InChI is InChI=1S/C20H22F2N6O3S/c1-14-11-16(4-6-19(14)31-2)32(29,30)27-9-7-26(8-10-27)13-20-23-24-25-28(20)15-3-5-17(21)18(22)12-15/h3-6,11-12H,7-10,13H2,1-2H3. The highest BCUT2D eigenvalue weighted by Crippen LogP contribution is 2.24. The summed E-state index contributed by atoms with van der Waals surface area (Å²) in [6, 6.07) is 8.23. The van der Waals surface area contributed by atoms with Crippen molar-refractivity contribution in [2.24, 2.45) is 0 Å². The van der Waals surface area contributed by atoms with Gasteiger partial charge in [0.25, 0.3) is 0 Å². The molecule has 1 fully saturated rings. The van der Waals surface area contributed by atoms with Crippen LogP contribution < -0.4 is 4.74 Å². The number of aryl methyl sites for hydroxylation is 1. The van der Waals surface area contributed by atoms with E-state index in [0.717, 1.165) is 17.7 Å². The fraction of sp³-hybridized carbons (Fsp3) is 0.350. The molecular weight excluding hydrogens is 442 g/mol. The lowest BCUT2D eigenvalue weighted by atomic mass is 10.2. The lowest BCUT2D eigenvalue weighted by Gasteiger charge is -2.33. The summed E-state index contributed by atoms with van der Waals surface area (Å²) in [5, 5.41) is 11.5. The second kappa shape index (κ2) is 8.88. The fourth-order valence-corrected chi connectivity index (χ4v) is 5.12. The fourth-order valence-electron chi connectivity index (χ4n) is 3.61. The zero-order chi connectivity index (χ0) is 22.9. The highest BCUT2D eigenvalue weighted by atomic mass is 32.2. The van der Waals surface area contributed by atoms with Crippen LogP contribution in [0.4, 0.5) is 8.78 Å². The van der Waals surface area contributed by atoms with Gasteiger partial charge in [-0.05, 0) is 53.2 Å². The van der Waals surface area contributed by atoms with Gasteiger partial charge in [-0.25, -0.2) is 17.2 Å². The van der Waals surface area contributed by atoms with Gasteiger partial charge in [0.2, 0.25) is 10.0 Å². The van der Waals surface area contributed by atoms with Gasteiger partial charge >= 0.3 is 0 Å². The lowest BCUT2D eigenvalue weighted by Crippen LogP contribution is -2.48. The van der Waals surface area contributed by atoms with Gasteiger partial charge in [-0.3, -0.25) is 4.90 Å². The summed E-state index contributed by atoms with van der Waals surface area (Å²) in [7, 11) is -2.09. The van der Waals surface area contributed by atoms with Crippen LogP contribution in [0.5, 0.6) is 5.75 Å². The van der Waals surface area contributed by atoms with Crippen LogP contribution >= 0.6 is 0 Å². The van der Waals surface area contributed by atoms with E-state index in [0.29, 0.717) is 50.0 Å². The van der Waals surface area contributed by atoms with E-state index in [4.69, 9.17) is 4.74 Å². The molecule has 3 aromatic rings. The van der Waals surface area contributed by atoms with E-state index >= 15 is 0 Å². The number of aromatic nitrogens is 4. The van der Waals surface area contributed by atoms with E-state index in [1.54, 1.807) is 32.2 Å². The number of ether oxygens (including phenoxy) is 1. The minimum atomic E-state index is -3.63. The minimum absolute atomic E-state index is 0.228. The van der Waals surface area contributed by atoms with Gasteiger partial charge in [-0.2, -0.15) is 8.99 Å². The zero-order valence-electron chi connectivity index (χ0n) is 17.6. The Hall–Kier alpha value is -2.96. The average molecular weight is 464 g/mol. The number of sulfonamides is 1. The Morgan fingerprint density at radius 3 is 2.44 bits per heavy atom. The molecule has 0 N–H and O–H groups in total. The Morgan fingerprint density at radius 2 is 1.78 bits per heavy atom. The first-order valence-electron chi connectivity index (χ1n) is 9.89. The van der Waals surface area contributed by atoms with Crippen molar-refractivity contribution in [1.82, 2.24) is 29.4 Å². The minimum Gasteiger partial charge on any atom is -0.496 e. The van der Waals surface area contributed by atoms with E-state index in [1.165, 1.54) is 15.1 Å². The first kappa shape index (κ1) is 22.2. The summed E-state index contributed by atoms with van der Waals surface area (Å²) >= 11 is 0. The third kappa shape index (κ3) is 4.33. The van der Waals surface area contributed by atoms with Crippen LogP contribution in [0.25, 0.3) is 5.69 Å². The van der Waals surface area contributed by atoms with Gasteiger partial charge in [0.05, 0.1) is 24.2 Å². The molecule has 0 bridgehead atoms. The maximum Gasteiger partial charge on any atom is 0.243 e. The maximum atomic E-state index is 13.6. The molecule has 0 amide bonds. The summed E-state index contributed by atoms with van der Waals surface area (Å²) in [6.45, 7) is 3.69. The molecule has 9 nitrogen and oxygen atoms in total. The van der Waals surface area contributed by atoms with Crippen molar-refractivity contribution in [2.45, 2.75) is 18.4 Å². The molecule has 1 saturated heterocycles. The van der Waals surface area contributed by atoms with Crippen LogP contribution in [-0.2, 0) is 16.6 Å². The van der Waals surface area contributed by atoms with Crippen LogP contribution in [0.15, 0.2) is 41.3 Å². The molecular formula is C20H22F2N6O3S. The van der Waals surface area contributed by atoms with E-state index in [1.807, 2.05) is 4.90 Å². The summed E-state index contributed by atoms with van der Waals surface area (Å²) in [4.78, 5) is 2.24. The zero-order valence-corrected chi connectivity index (χ0v) is 18.4. The largest absolute Gasteiger partial charge is 0.496 e. The van der Waals surface area contributed by atoms with Gasteiger partial charge < -0.3 is 4.74 Å². The molecule has 0 aliphatic carbocycles. The molecule has 32 heavy (non-hydrogen) atoms. The van der Waals surface area contributed by atoms with Crippen molar-refractivity contribution in [3.8, 4) is 11.4 Å². The van der Waals surface area contributed by atoms with Crippen molar-refractivity contribution < 1.29 is 21.9 Å². The quantitative estimate of drug-likeness (QED) is 0.549. The molecule has 2 aromatic carbocycles. The molecule has 0 atom stereocenters. The van der Waals surface area contributed by atoms with Gasteiger partial charge in [0.1, 0.15) is 5.75 Å². The van der Waals surface area contributed by atoms with Crippen LogP contribution in [0.3, 0.4) is 0 Å². The van der Waals surface area contributed by atoms with Gasteiger partial charge in [-0.1, -0.05) is 0 Å². The number of tetrazole rings is 1. The third-order valence-electron chi connectivity index (χ3n) is 5.38. The molecule has 1 aromatic heterocycles. The Labute approximate surface area is 184 Å². The highest BCUT2D eigenvalue weighted by molar-refractivity contribution is 7.89. The summed E-state index contributed by atoms with van der Waals surface area (Å²) in [6.07, 6.45) is 0. The topological polar surface area (TPSA) is 93.5 Å². The van der Waals surface area contributed by atoms with Gasteiger partial charge in [0, 0.05) is 32.2 Å². The SMILES string of the molecule is COc1ccc(S(=O)(=O)N2CCN(Cc3nnnn3-c3ccc(F)c(F)c3)CC2)cc1C. The molecule has 2 heterocycles. The number of rotatable bonds is 6. The molecule has 0 unspecified atom stereocenters. The van der Waals surface area contributed by atoms with Gasteiger partial charge in [0.15, 0.2) is 17.5 Å². The number of nitrogens with zero attached hydrogens (tertiary/aromatic N) is 6. The first-order valence-corrected chi connectivity index (χ1v) is 11.3. The van der Waals surface area contributed by atoms with E-state index < -0.39 is 21.7 Å². The van der Waals surface area contributed by atoms with Crippen molar-refractivity contribution in [3.63, 3.8) is 0 Å². The number of piperazine rings is 1. The molecule has 12 heteroatoms. The molecule has 1 aliphatic heterocycles. The van der Waals surface area contributed by atoms with Crippen LogP contribution in [0.2, 0.25) is 0 Å². The average Bonchev–Trinajstić information content (AvgIpc) is 3.24. The Kier molecular flexibility index (Phi) is 6.17. The number of halogens is 2. The van der Waals surface area contributed by atoms with Crippen molar-refractivity contribution in [2.75, 3.05) is 33.3 Å². The Balaban J connectivity index is 1.43. The molecule has 1 aliphatic rings. The number of hydrogen-bond donors (Lipinski definition) is 0. The molecule has 0 saturated carbocycles. The second-order valence-electron chi connectivity index (χ2n) is 7.42.